The van der Waals surface area contributed by atoms with Crippen LogP contribution in [-0.4, -0.2) is 39.1 Å². The summed E-state index contributed by atoms with van der Waals surface area (Å²) in [6.07, 6.45) is 8.06. The van der Waals surface area contributed by atoms with E-state index in [9.17, 15) is 9.90 Å². The SMILES string of the molecule is C.CCC(CC(=O)N1CCC2(O)CCCC1C2)c1c[nH]c2ccccc12. The number of H-pyrrole nitrogens is 1. The van der Waals surface area contributed by atoms with Crippen molar-refractivity contribution in [1.29, 1.82) is 0 Å². The highest BCUT2D eigenvalue weighted by Gasteiger charge is 2.42. The predicted molar refractivity (Wildman–Crippen MR) is 106 cm³/mol. The van der Waals surface area contributed by atoms with Gasteiger partial charge in [-0.1, -0.05) is 32.5 Å². The van der Waals surface area contributed by atoms with Crippen LogP contribution in [0.5, 0.6) is 0 Å². The second kappa shape index (κ2) is 7.43. The molecule has 4 heteroatoms. The number of benzene rings is 1. The summed E-state index contributed by atoms with van der Waals surface area (Å²) in [7, 11) is 0. The summed E-state index contributed by atoms with van der Waals surface area (Å²) in [6.45, 7) is 2.87. The van der Waals surface area contributed by atoms with Gasteiger partial charge >= 0.3 is 0 Å². The Balaban J connectivity index is 0.00000196. The van der Waals surface area contributed by atoms with Crippen LogP contribution in [0.15, 0.2) is 30.5 Å². The Morgan fingerprint density at radius 2 is 2.19 bits per heavy atom. The maximum atomic E-state index is 13.0. The van der Waals surface area contributed by atoms with Crippen LogP contribution in [0.25, 0.3) is 10.9 Å². The minimum Gasteiger partial charge on any atom is -0.390 e. The fourth-order valence-corrected chi connectivity index (χ4v) is 4.88. The number of para-hydroxylation sites is 1. The summed E-state index contributed by atoms with van der Waals surface area (Å²) in [5, 5.41) is 11.8. The van der Waals surface area contributed by atoms with E-state index in [0.717, 1.165) is 44.0 Å². The molecule has 1 saturated heterocycles. The molecule has 2 aromatic rings. The number of rotatable bonds is 4. The zero-order valence-electron chi connectivity index (χ0n) is 15.0. The average Bonchev–Trinajstić information content (AvgIpc) is 3.03. The number of hydrogen-bond donors (Lipinski definition) is 2. The number of nitrogens with one attached hydrogen (secondary N) is 1. The lowest BCUT2D eigenvalue weighted by molar-refractivity contribution is -0.144. The third-order valence-electron chi connectivity index (χ3n) is 6.35. The number of likely N-dealkylation sites (tertiary alicyclic amines) is 1. The van der Waals surface area contributed by atoms with Crippen molar-refractivity contribution in [2.75, 3.05) is 6.54 Å². The van der Waals surface area contributed by atoms with Crippen LogP contribution in [0.4, 0.5) is 0 Å². The molecular weight excluding hydrogens is 324 g/mol. The summed E-state index contributed by atoms with van der Waals surface area (Å²) in [5.41, 5.74) is 1.88. The standard InChI is InChI=1S/C21H28N2O2.CH4/c1-2-15(18-14-22-19-8-4-3-7-17(18)19)12-20(24)23-11-10-21(25)9-5-6-16(23)13-21;/h3-4,7-8,14-16,22,25H,2,5-6,9-13H2,1H3;1H4. The molecule has 2 N–H and O–H groups in total. The summed E-state index contributed by atoms with van der Waals surface area (Å²) in [5.74, 6) is 0.499. The first-order chi connectivity index (χ1) is 12.1. The van der Waals surface area contributed by atoms with Crippen molar-refractivity contribution in [3.63, 3.8) is 0 Å². The summed E-state index contributed by atoms with van der Waals surface area (Å²) in [6, 6.07) is 8.55. The van der Waals surface area contributed by atoms with Gasteiger partial charge in [-0.25, -0.2) is 0 Å². The van der Waals surface area contributed by atoms with Crippen LogP contribution >= 0.6 is 0 Å². The molecule has 1 aromatic heterocycles. The van der Waals surface area contributed by atoms with Gasteiger partial charge in [-0.05, 0) is 56.1 Å². The Morgan fingerprint density at radius 3 is 3.00 bits per heavy atom. The number of hydrogen-bond acceptors (Lipinski definition) is 2. The van der Waals surface area contributed by atoms with E-state index in [-0.39, 0.29) is 25.3 Å². The minimum atomic E-state index is -0.513. The molecule has 3 atom stereocenters. The molecule has 1 amide bonds. The van der Waals surface area contributed by atoms with Crippen molar-refractivity contribution in [2.24, 2.45) is 0 Å². The maximum Gasteiger partial charge on any atom is 0.223 e. The van der Waals surface area contributed by atoms with Crippen LogP contribution in [0.1, 0.15) is 70.8 Å². The van der Waals surface area contributed by atoms with E-state index < -0.39 is 5.60 Å². The van der Waals surface area contributed by atoms with Crippen LogP contribution in [0, 0.1) is 0 Å². The van der Waals surface area contributed by atoms with Gasteiger partial charge in [0.2, 0.25) is 5.91 Å². The molecule has 1 aliphatic carbocycles. The number of aromatic nitrogens is 1. The minimum absolute atomic E-state index is 0. The molecule has 3 unspecified atom stereocenters. The highest BCUT2D eigenvalue weighted by Crippen LogP contribution is 2.39. The van der Waals surface area contributed by atoms with E-state index >= 15 is 0 Å². The third-order valence-corrected chi connectivity index (χ3v) is 6.35. The molecule has 2 fully saturated rings. The van der Waals surface area contributed by atoms with E-state index in [0.29, 0.717) is 13.0 Å². The first-order valence-corrected chi connectivity index (χ1v) is 9.67. The zero-order valence-corrected chi connectivity index (χ0v) is 15.0. The fourth-order valence-electron chi connectivity index (χ4n) is 4.88. The Labute approximate surface area is 156 Å². The lowest BCUT2D eigenvalue weighted by Gasteiger charge is -2.48. The first kappa shape index (κ1) is 19.0. The van der Waals surface area contributed by atoms with E-state index in [2.05, 4.69) is 41.2 Å². The molecule has 142 valence electrons. The molecule has 0 radical (unpaired) electrons. The number of fused-ring (bicyclic) bond motifs is 3. The van der Waals surface area contributed by atoms with Crippen LogP contribution in [0.3, 0.4) is 0 Å². The summed E-state index contributed by atoms with van der Waals surface area (Å²) in [4.78, 5) is 18.4. The first-order valence-electron chi connectivity index (χ1n) is 9.67. The second-order valence-corrected chi connectivity index (χ2v) is 7.91. The Morgan fingerprint density at radius 1 is 1.38 bits per heavy atom. The monoisotopic (exact) mass is 356 g/mol. The van der Waals surface area contributed by atoms with Crippen molar-refractivity contribution >= 4 is 16.8 Å². The van der Waals surface area contributed by atoms with Crippen molar-refractivity contribution in [2.45, 2.75) is 76.9 Å². The van der Waals surface area contributed by atoms with Gasteiger partial charge in [0.15, 0.2) is 0 Å². The summed E-state index contributed by atoms with van der Waals surface area (Å²) < 4.78 is 0. The predicted octanol–water partition coefficient (Wildman–Crippen LogP) is 4.59. The van der Waals surface area contributed by atoms with Crippen molar-refractivity contribution < 1.29 is 9.90 Å². The van der Waals surface area contributed by atoms with Crippen molar-refractivity contribution in [3.05, 3.63) is 36.0 Å². The number of amides is 1. The number of nitrogens with zero attached hydrogens (tertiary/aromatic N) is 1. The Hall–Kier alpha value is -1.81. The quantitative estimate of drug-likeness (QED) is 0.841. The van der Waals surface area contributed by atoms with Crippen molar-refractivity contribution in [1.82, 2.24) is 9.88 Å². The van der Waals surface area contributed by atoms with Crippen LogP contribution in [0.2, 0.25) is 0 Å². The molecule has 26 heavy (non-hydrogen) atoms. The van der Waals surface area contributed by atoms with Gasteiger partial charge in [0.1, 0.15) is 0 Å². The number of carbonyl (C=O) groups excluding carboxylic acids is 1. The molecule has 2 aliphatic rings. The van der Waals surface area contributed by atoms with E-state index in [1.54, 1.807) is 0 Å². The van der Waals surface area contributed by atoms with E-state index in [1.165, 1.54) is 10.9 Å². The normalized spacial score (nSPS) is 26.4. The molecule has 1 saturated carbocycles. The van der Waals surface area contributed by atoms with Gasteiger partial charge in [-0.15, -0.1) is 0 Å². The number of aromatic amines is 1. The topological polar surface area (TPSA) is 56.3 Å². The van der Waals surface area contributed by atoms with Gasteiger partial charge in [-0.3, -0.25) is 4.79 Å². The Kier molecular flexibility index (Phi) is 5.42. The molecule has 4 nitrogen and oxygen atoms in total. The van der Waals surface area contributed by atoms with Gasteiger partial charge < -0.3 is 15.0 Å². The highest BCUT2D eigenvalue weighted by molar-refractivity contribution is 5.85. The Bertz CT molecular complexity index is 768. The molecule has 4 rings (SSSR count). The lowest BCUT2D eigenvalue weighted by Crippen LogP contribution is -2.55. The molecular formula is C22H32N2O2. The second-order valence-electron chi connectivity index (χ2n) is 7.91. The summed E-state index contributed by atoms with van der Waals surface area (Å²) >= 11 is 0. The highest BCUT2D eigenvalue weighted by atomic mass is 16.3. The number of carbonyl (C=O) groups is 1. The van der Waals surface area contributed by atoms with Crippen LogP contribution < -0.4 is 0 Å². The van der Waals surface area contributed by atoms with Crippen LogP contribution in [-0.2, 0) is 4.79 Å². The smallest absolute Gasteiger partial charge is 0.223 e. The largest absolute Gasteiger partial charge is 0.390 e. The number of piperidine rings is 1. The van der Waals surface area contributed by atoms with Gasteiger partial charge in [0, 0.05) is 36.1 Å². The average molecular weight is 357 g/mol. The van der Waals surface area contributed by atoms with Gasteiger partial charge in [0.25, 0.3) is 0 Å². The number of aliphatic hydroxyl groups is 1. The molecule has 2 bridgehead atoms. The molecule has 2 heterocycles. The van der Waals surface area contributed by atoms with E-state index in [4.69, 9.17) is 0 Å². The van der Waals surface area contributed by atoms with Gasteiger partial charge in [-0.2, -0.15) is 0 Å². The van der Waals surface area contributed by atoms with Crippen molar-refractivity contribution in [3.8, 4) is 0 Å². The third kappa shape index (κ3) is 3.39. The fraction of sp³-hybridized carbons (Fsp3) is 0.591. The molecule has 0 spiro atoms. The zero-order chi connectivity index (χ0) is 17.4. The van der Waals surface area contributed by atoms with E-state index in [1.807, 2.05) is 6.07 Å². The van der Waals surface area contributed by atoms with Gasteiger partial charge in [0.05, 0.1) is 5.60 Å². The lowest BCUT2D eigenvalue weighted by atomic mass is 9.75. The molecule has 1 aliphatic heterocycles. The maximum absolute atomic E-state index is 13.0. The molecule has 1 aromatic carbocycles.